The fourth-order valence-corrected chi connectivity index (χ4v) is 4.00. The molecule has 0 bridgehead atoms. The zero-order valence-electron chi connectivity index (χ0n) is 16.2. The second kappa shape index (κ2) is 8.73. The van der Waals surface area contributed by atoms with Crippen molar-refractivity contribution >= 4 is 5.91 Å². The van der Waals surface area contributed by atoms with Crippen LogP contribution in [0.2, 0.25) is 0 Å². The van der Waals surface area contributed by atoms with Crippen LogP contribution in [-0.2, 0) is 11.2 Å². The van der Waals surface area contributed by atoms with Crippen LogP contribution < -0.4 is 14.8 Å². The van der Waals surface area contributed by atoms with Crippen LogP contribution in [0.5, 0.6) is 11.5 Å². The lowest BCUT2D eigenvalue weighted by Gasteiger charge is -2.34. The van der Waals surface area contributed by atoms with E-state index in [1.54, 1.807) is 0 Å². The van der Waals surface area contributed by atoms with Gasteiger partial charge < -0.3 is 14.8 Å². The Kier molecular flexibility index (Phi) is 6.38. The van der Waals surface area contributed by atoms with Crippen molar-refractivity contribution < 1.29 is 14.3 Å². The smallest absolute Gasteiger partial charge is 0.235 e. The van der Waals surface area contributed by atoms with Gasteiger partial charge in [0, 0.05) is 6.04 Å². The van der Waals surface area contributed by atoms with Crippen LogP contribution in [-0.4, -0.2) is 60.9 Å². The van der Waals surface area contributed by atoms with Crippen LogP contribution in [0, 0.1) is 0 Å². The van der Waals surface area contributed by atoms with Gasteiger partial charge in [0.2, 0.25) is 12.7 Å². The maximum Gasteiger partial charge on any atom is 0.235 e. The van der Waals surface area contributed by atoms with E-state index in [9.17, 15) is 4.79 Å². The number of ether oxygens (including phenoxy) is 2. The van der Waals surface area contributed by atoms with Crippen molar-refractivity contribution in [2.45, 2.75) is 52.2 Å². The first kappa shape index (κ1) is 19.0. The number of likely N-dealkylation sites (tertiary alicyclic amines) is 1. The fraction of sp³-hybridized carbons (Fsp3) is 0.650. The van der Waals surface area contributed by atoms with Gasteiger partial charge in [-0.15, -0.1) is 0 Å². The molecular weight excluding hydrogens is 330 g/mol. The van der Waals surface area contributed by atoms with Gasteiger partial charge in [0.25, 0.3) is 0 Å². The highest BCUT2D eigenvalue weighted by atomic mass is 16.7. The number of benzene rings is 1. The van der Waals surface area contributed by atoms with Crippen molar-refractivity contribution in [3.8, 4) is 11.5 Å². The molecule has 1 N–H and O–H groups in total. The quantitative estimate of drug-likeness (QED) is 0.720. The van der Waals surface area contributed by atoms with Gasteiger partial charge in [-0.2, -0.15) is 0 Å². The van der Waals surface area contributed by atoms with E-state index in [0.717, 1.165) is 37.6 Å². The molecule has 1 aromatic rings. The topological polar surface area (TPSA) is 54.0 Å². The standard InChI is InChI=1S/C20H31N3O3/c1-4-23(16(3)21-20(24)13-22-9-5-6-10-22)15(2)11-17-7-8-18-19(12-17)26-14-25-18/h7-8,12,15-16H,4-6,9-11,13-14H2,1-3H3,(H,21,24). The minimum Gasteiger partial charge on any atom is -0.454 e. The van der Waals surface area contributed by atoms with Gasteiger partial charge in [0.1, 0.15) is 0 Å². The fourth-order valence-electron chi connectivity index (χ4n) is 4.00. The maximum absolute atomic E-state index is 12.3. The first-order valence-electron chi connectivity index (χ1n) is 9.72. The second-order valence-electron chi connectivity index (χ2n) is 7.30. The molecule has 1 fully saturated rings. The summed E-state index contributed by atoms with van der Waals surface area (Å²) < 4.78 is 10.9. The van der Waals surface area contributed by atoms with Crippen molar-refractivity contribution in [1.29, 1.82) is 0 Å². The molecule has 6 heteroatoms. The Hall–Kier alpha value is -1.79. The summed E-state index contributed by atoms with van der Waals surface area (Å²) in [6, 6.07) is 6.43. The zero-order chi connectivity index (χ0) is 18.5. The molecular formula is C20H31N3O3. The molecule has 1 aromatic carbocycles. The number of nitrogens with one attached hydrogen (secondary N) is 1. The van der Waals surface area contributed by atoms with Crippen LogP contribution in [0.25, 0.3) is 0 Å². The molecule has 0 aliphatic carbocycles. The normalized spacial score (nSPS) is 18.9. The van der Waals surface area contributed by atoms with E-state index in [1.807, 2.05) is 6.07 Å². The van der Waals surface area contributed by atoms with E-state index in [2.05, 4.69) is 48.0 Å². The molecule has 2 atom stereocenters. The highest BCUT2D eigenvalue weighted by molar-refractivity contribution is 5.78. The zero-order valence-corrected chi connectivity index (χ0v) is 16.2. The minimum atomic E-state index is 0.0131. The first-order chi connectivity index (χ1) is 12.6. The van der Waals surface area contributed by atoms with Crippen molar-refractivity contribution in [2.24, 2.45) is 0 Å². The second-order valence-corrected chi connectivity index (χ2v) is 7.30. The molecule has 3 rings (SSSR count). The number of likely N-dealkylation sites (N-methyl/N-ethyl adjacent to an activating group) is 1. The SMILES string of the molecule is CCN(C(C)Cc1ccc2c(c1)OCO2)C(C)NC(=O)CN1CCCC1. The summed E-state index contributed by atoms with van der Waals surface area (Å²) in [5.41, 5.74) is 1.22. The molecule has 1 amide bonds. The molecule has 0 saturated carbocycles. The molecule has 26 heavy (non-hydrogen) atoms. The lowest BCUT2D eigenvalue weighted by molar-refractivity contribution is -0.124. The molecule has 0 spiro atoms. The largest absolute Gasteiger partial charge is 0.454 e. The minimum absolute atomic E-state index is 0.0131. The Labute approximate surface area is 156 Å². The van der Waals surface area contributed by atoms with Crippen LogP contribution in [0.3, 0.4) is 0 Å². The van der Waals surface area contributed by atoms with Crippen LogP contribution in [0.4, 0.5) is 0 Å². The Morgan fingerprint density at radius 2 is 1.96 bits per heavy atom. The Bertz CT molecular complexity index is 616. The van der Waals surface area contributed by atoms with Crippen LogP contribution in [0.15, 0.2) is 18.2 Å². The summed E-state index contributed by atoms with van der Waals surface area (Å²) in [7, 11) is 0. The lowest BCUT2D eigenvalue weighted by atomic mass is 10.0. The highest BCUT2D eigenvalue weighted by Crippen LogP contribution is 2.33. The van der Waals surface area contributed by atoms with Crippen molar-refractivity contribution in [2.75, 3.05) is 33.0 Å². The first-order valence-corrected chi connectivity index (χ1v) is 9.72. The number of amides is 1. The van der Waals surface area contributed by atoms with E-state index in [0.29, 0.717) is 19.4 Å². The lowest BCUT2D eigenvalue weighted by Crippen LogP contribution is -2.52. The predicted octanol–water partition coefficient (Wildman–Crippen LogP) is 2.23. The van der Waals surface area contributed by atoms with Gasteiger partial charge in [-0.1, -0.05) is 13.0 Å². The van der Waals surface area contributed by atoms with Crippen molar-refractivity contribution in [3.63, 3.8) is 0 Å². The monoisotopic (exact) mass is 361 g/mol. The summed E-state index contributed by atoms with van der Waals surface area (Å²) in [5, 5.41) is 3.17. The molecule has 0 radical (unpaired) electrons. The molecule has 1 saturated heterocycles. The maximum atomic E-state index is 12.3. The Balaban J connectivity index is 1.53. The predicted molar refractivity (Wildman–Crippen MR) is 101 cm³/mol. The third-order valence-electron chi connectivity index (χ3n) is 5.33. The summed E-state index contributed by atoms with van der Waals surface area (Å²) in [4.78, 5) is 16.9. The molecule has 2 aliphatic heterocycles. The van der Waals surface area contributed by atoms with Gasteiger partial charge in [0.05, 0.1) is 12.7 Å². The van der Waals surface area contributed by atoms with Gasteiger partial charge in [-0.25, -0.2) is 0 Å². The van der Waals surface area contributed by atoms with Crippen molar-refractivity contribution in [3.05, 3.63) is 23.8 Å². The number of nitrogens with zero attached hydrogens (tertiary/aromatic N) is 2. The number of hydrogen-bond donors (Lipinski definition) is 1. The van der Waals surface area contributed by atoms with E-state index < -0.39 is 0 Å². The Morgan fingerprint density at radius 1 is 1.23 bits per heavy atom. The van der Waals surface area contributed by atoms with Gasteiger partial charge in [-0.05, 0) is 70.4 Å². The average Bonchev–Trinajstić information content (AvgIpc) is 3.26. The number of hydrogen-bond acceptors (Lipinski definition) is 5. The van der Waals surface area contributed by atoms with Gasteiger partial charge >= 0.3 is 0 Å². The molecule has 2 heterocycles. The summed E-state index contributed by atoms with van der Waals surface area (Å²) >= 11 is 0. The molecule has 144 valence electrons. The van der Waals surface area contributed by atoms with Crippen LogP contribution in [0.1, 0.15) is 39.2 Å². The molecule has 2 aliphatic rings. The number of rotatable bonds is 8. The van der Waals surface area contributed by atoms with Gasteiger partial charge in [-0.3, -0.25) is 14.6 Å². The third kappa shape index (κ3) is 4.68. The summed E-state index contributed by atoms with van der Waals surface area (Å²) in [5.74, 6) is 1.76. The van der Waals surface area contributed by atoms with E-state index >= 15 is 0 Å². The average molecular weight is 361 g/mol. The summed E-state index contributed by atoms with van der Waals surface area (Å²) in [6.07, 6.45) is 3.32. The number of carbonyl (C=O) groups excluding carboxylic acids is 1. The Morgan fingerprint density at radius 3 is 2.69 bits per heavy atom. The third-order valence-corrected chi connectivity index (χ3v) is 5.33. The van der Waals surface area contributed by atoms with Crippen LogP contribution >= 0.6 is 0 Å². The van der Waals surface area contributed by atoms with Crippen molar-refractivity contribution in [1.82, 2.24) is 15.1 Å². The van der Waals surface area contributed by atoms with Gasteiger partial charge in [0.15, 0.2) is 11.5 Å². The van der Waals surface area contributed by atoms with E-state index in [1.165, 1.54) is 18.4 Å². The molecule has 2 unspecified atom stereocenters. The molecule has 6 nitrogen and oxygen atoms in total. The highest BCUT2D eigenvalue weighted by Gasteiger charge is 2.23. The molecule has 0 aromatic heterocycles. The number of fused-ring (bicyclic) bond motifs is 1. The number of carbonyl (C=O) groups is 1. The summed E-state index contributed by atoms with van der Waals surface area (Å²) in [6.45, 7) is 10.2. The van der Waals surface area contributed by atoms with E-state index in [-0.39, 0.29) is 12.1 Å². The van der Waals surface area contributed by atoms with E-state index in [4.69, 9.17) is 9.47 Å².